The number of amides is 2. The third-order valence-corrected chi connectivity index (χ3v) is 4.30. The van der Waals surface area contributed by atoms with E-state index in [9.17, 15) is 9.59 Å². The lowest BCUT2D eigenvalue weighted by Crippen LogP contribution is -2.43. The van der Waals surface area contributed by atoms with E-state index in [1.54, 1.807) is 24.3 Å². The summed E-state index contributed by atoms with van der Waals surface area (Å²) in [6.07, 6.45) is 0. The molecule has 9 heteroatoms. The summed E-state index contributed by atoms with van der Waals surface area (Å²) in [5.41, 5.74) is 1.76. The van der Waals surface area contributed by atoms with Gasteiger partial charge in [-0.3, -0.25) is 14.5 Å². The first-order chi connectivity index (χ1) is 13.0. The molecule has 28 heavy (non-hydrogen) atoms. The number of aliphatic imine (C=N–C) groups is 1. The first kappa shape index (κ1) is 21.9. The van der Waals surface area contributed by atoms with Crippen molar-refractivity contribution in [1.29, 1.82) is 0 Å². The number of halogens is 1. The van der Waals surface area contributed by atoms with Crippen molar-refractivity contribution in [2.45, 2.75) is 27.3 Å². The number of imide groups is 1. The third-order valence-electron chi connectivity index (χ3n) is 4.30. The molecule has 0 spiro atoms. The van der Waals surface area contributed by atoms with Crippen molar-refractivity contribution in [3.63, 3.8) is 0 Å². The Morgan fingerprint density at radius 3 is 2.32 bits per heavy atom. The molecule has 0 saturated heterocycles. The van der Waals surface area contributed by atoms with Crippen LogP contribution in [-0.4, -0.2) is 47.3 Å². The molecule has 1 aliphatic heterocycles. The smallest absolute Gasteiger partial charge is 0.261 e. The lowest BCUT2D eigenvalue weighted by molar-refractivity contribution is 0.0657. The number of benzene rings is 1. The molecule has 1 aromatic heterocycles. The Hall–Kier alpha value is -2.43. The van der Waals surface area contributed by atoms with Gasteiger partial charge in [-0.25, -0.2) is 9.98 Å². The number of carbonyl (C=O) groups excluding carboxylic acids is 2. The number of aromatic nitrogens is 1. The lowest BCUT2D eigenvalue weighted by Gasteiger charge is -2.16. The molecular weight excluding hydrogens is 473 g/mol. The Kier molecular flexibility index (Phi) is 7.55. The van der Waals surface area contributed by atoms with E-state index < -0.39 is 0 Å². The third kappa shape index (κ3) is 4.70. The van der Waals surface area contributed by atoms with Gasteiger partial charge >= 0.3 is 0 Å². The Labute approximate surface area is 180 Å². The van der Waals surface area contributed by atoms with E-state index >= 15 is 0 Å². The van der Waals surface area contributed by atoms with Crippen LogP contribution in [0, 0.1) is 13.8 Å². The van der Waals surface area contributed by atoms with E-state index in [4.69, 9.17) is 4.42 Å². The lowest BCUT2D eigenvalue weighted by atomic mass is 10.1. The van der Waals surface area contributed by atoms with Gasteiger partial charge in [0.2, 0.25) is 5.89 Å². The van der Waals surface area contributed by atoms with Gasteiger partial charge < -0.3 is 15.1 Å². The number of guanidine groups is 1. The van der Waals surface area contributed by atoms with Crippen molar-refractivity contribution in [1.82, 2.24) is 20.5 Å². The normalized spacial score (nSPS) is 13.4. The van der Waals surface area contributed by atoms with Crippen molar-refractivity contribution in [3.05, 3.63) is 52.7 Å². The van der Waals surface area contributed by atoms with Gasteiger partial charge in [-0.05, 0) is 32.9 Å². The van der Waals surface area contributed by atoms with Crippen LogP contribution in [-0.2, 0) is 6.54 Å². The predicted molar refractivity (Wildman–Crippen MR) is 116 cm³/mol. The zero-order chi connectivity index (χ0) is 19.4. The molecule has 2 aromatic rings. The van der Waals surface area contributed by atoms with Crippen LogP contribution in [0.2, 0.25) is 0 Å². The molecule has 0 bridgehead atoms. The molecule has 2 N–H and O–H groups in total. The average Bonchev–Trinajstić information content (AvgIpc) is 3.11. The van der Waals surface area contributed by atoms with E-state index in [1.165, 1.54) is 4.90 Å². The molecule has 3 rings (SSSR count). The number of hydrogen-bond donors (Lipinski definition) is 2. The molecule has 8 nitrogen and oxygen atoms in total. The number of fused-ring (bicyclic) bond motifs is 1. The summed E-state index contributed by atoms with van der Waals surface area (Å²) < 4.78 is 5.52. The number of rotatable bonds is 6. The molecule has 0 atom stereocenters. The quantitative estimate of drug-likeness (QED) is 0.275. The van der Waals surface area contributed by atoms with Crippen LogP contribution < -0.4 is 10.6 Å². The predicted octanol–water partition coefficient (Wildman–Crippen LogP) is 2.26. The van der Waals surface area contributed by atoms with Gasteiger partial charge in [-0.1, -0.05) is 12.1 Å². The van der Waals surface area contributed by atoms with Gasteiger partial charge in [0, 0.05) is 19.6 Å². The van der Waals surface area contributed by atoms with Gasteiger partial charge in [0.05, 0.1) is 16.8 Å². The Bertz CT molecular complexity index is 839. The first-order valence-electron chi connectivity index (χ1n) is 8.91. The second-order valence-electron chi connectivity index (χ2n) is 6.18. The highest BCUT2D eigenvalue weighted by Crippen LogP contribution is 2.21. The van der Waals surface area contributed by atoms with Crippen LogP contribution in [0.1, 0.15) is 45.0 Å². The second-order valence-corrected chi connectivity index (χ2v) is 6.18. The molecule has 150 valence electrons. The fraction of sp³-hybridized carbons (Fsp3) is 0.368. The minimum atomic E-state index is -0.259. The molecular formula is C19H24IN5O3. The number of carbonyl (C=O) groups is 2. The van der Waals surface area contributed by atoms with Crippen molar-refractivity contribution in [2.75, 3.05) is 19.6 Å². The largest absolute Gasteiger partial charge is 0.444 e. The Balaban J connectivity index is 0.00000280. The highest BCUT2D eigenvalue weighted by atomic mass is 127. The van der Waals surface area contributed by atoms with Crippen LogP contribution in [0.15, 0.2) is 33.7 Å². The van der Waals surface area contributed by atoms with Gasteiger partial charge in [0.25, 0.3) is 11.8 Å². The molecule has 1 aliphatic rings. The van der Waals surface area contributed by atoms with E-state index in [-0.39, 0.29) is 42.3 Å². The maximum atomic E-state index is 12.4. The van der Waals surface area contributed by atoms with Gasteiger partial charge in [-0.15, -0.1) is 24.0 Å². The number of aryl methyl sites for hydroxylation is 2. The Morgan fingerprint density at radius 2 is 1.79 bits per heavy atom. The number of nitrogens with zero attached hydrogens (tertiary/aromatic N) is 3. The molecule has 1 aromatic carbocycles. The van der Waals surface area contributed by atoms with E-state index in [1.807, 2.05) is 20.8 Å². The van der Waals surface area contributed by atoms with Gasteiger partial charge in [-0.2, -0.15) is 0 Å². The molecule has 0 saturated carbocycles. The highest BCUT2D eigenvalue weighted by molar-refractivity contribution is 14.0. The fourth-order valence-corrected chi connectivity index (χ4v) is 2.82. The minimum Gasteiger partial charge on any atom is -0.444 e. The van der Waals surface area contributed by atoms with E-state index in [2.05, 4.69) is 20.6 Å². The van der Waals surface area contributed by atoms with Crippen LogP contribution >= 0.6 is 24.0 Å². The maximum Gasteiger partial charge on any atom is 0.261 e. The summed E-state index contributed by atoms with van der Waals surface area (Å²) in [7, 11) is 0. The number of nitrogens with one attached hydrogen (secondary N) is 2. The first-order valence-corrected chi connectivity index (χ1v) is 8.91. The summed E-state index contributed by atoms with van der Waals surface area (Å²) in [5.74, 6) is 1.38. The summed E-state index contributed by atoms with van der Waals surface area (Å²) in [6.45, 7) is 7.34. The maximum absolute atomic E-state index is 12.4. The topological polar surface area (TPSA) is 99.8 Å². The van der Waals surface area contributed by atoms with E-state index in [0.717, 1.165) is 11.5 Å². The summed E-state index contributed by atoms with van der Waals surface area (Å²) in [4.78, 5) is 34.7. The van der Waals surface area contributed by atoms with Crippen molar-refractivity contribution < 1.29 is 14.0 Å². The average molecular weight is 497 g/mol. The number of hydrogen-bond acceptors (Lipinski definition) is 5. The zero-order valence-electron chi connectivity index (χ0n) is 16.1. The minimum absolute atomic E-state index is 0. The molecule has 2 heterocycles. The molecule has 0 fully saturated rings. The van der Waals surface area contributed by atoms with Crippen LogP contribution in [0.3, 0.4) is 0 Å². The summed E-state index contributed by atoms with van der Waals surface area (Å²) >= 11 is 0. The number of oxazole rings is 1. The molecule has 0 radical (unpaired) electrons. The fourth-order valence-electron chi connectivity index (χ4n) is 2.82. The van der Waals surface area contributed by atoms with Crippen LogP contribution in [0.4, 0.5) is 0 Å². The zero-order valence-corrected chi connectivity index (χ0v) is 18.4. The SMILES string of the molecule is CCNC(=NCc1nc(C)c(C)o1)NCCN1C(=O)c2ccccc2C1=O.I. The van der Waals surface area contributed by atoms with E-state index in [0.29, 0.717) is 42.6 Å². The van der Waals surface area contributed by atoms with Gasteiger partial charge in [0.15, 0.2) is 5.96 Å². The van der Waals surface area contributed by atoms with Crippen LogP contribution in [0.25, 0.3) is 0 Å². The Morgan fingerprint density at radius 1 is 1.14 bits per heavy atom. The molecule has 0 aliphatic carbocycles. The highest BCUT2D eigenvalue weighted by Gasteiger charge is 2.34. The van der Waals surface area contributed by atoms with Crippen molar-refractivity contribution >= 4 is 41.8 Å². The van der Waals surface area contributed by atoms with Crippen molar-refractivity contribution in [2.24, 2.45) is 4.99 Å². The molecule has 2 amide bonds. The monoisotopic (exact) mass is 497 g/mol. The van der Waals surface area contributed by atoms with Crippen molar-refractivity contribution in [3.8, 4) is 0 Å². The molecule has 0 unspecified atom stereocenters. The summed E-state index contributed by atoms with van der Waals surface area (Å²) in [5, 5.41) is 6.25. The standard InChI is InChI=1S/C19H23N5O3.HI/c1-4-20-19(22-11-16-23-12(2)13(3)27-16)21-9-10-24-17(25)14-7-5-6-8-15(14)18(24)26;/h5-8H,4,9-11H2,1-3H3,(H2,20,21,22);1H. The van der Waals surface area contributed by atoms with Gasteiger partial charge in [0.1, 0.15) is 12.3 Å². The summed E-state index contributed by atoms with van der Waals surface area (Å²) in [6, 6.07) is 6.87. The van der Waals surface area contributed by atoms with Crippen LogP contribution in [0.5, 0.6) is 0 Å². The second kappa shape index (κ2) is 9.67.